The molecule has 1 aliphatic carbocycles. The Morgan fingerprint density at radius 1 is 1.03 bits per heavy atom. The molecule has 9 nitrogen and oxygen atoms in total. The number of benzene rings is 1. The van der Waals surface area contributed by atoms with Crippen LogP contribution in [0.1, 0.15) is 50.1 Å². The van der Waals surface area contributed by atoms with Gasteiger partial charge in [-0.15, -0.1) is 12.4 Å². The zero-order valence-corrected chi connectivity index (χ0v) is 19.4. The summed E-state index contributed by atoms with van der Waals surface area (Å²) in [7, 11) is 0. The van der Waals surface area contributed by atoms with Gasteiger partial charge in [-0.05, 0) is 38.2 Å². The first-order valence-corrected chi connectivity index (χ1v) is 11.7. The summed E-state index contributed by atoms with van der Waals surface area (Å²) in [5, 5.41) is 6.13. The van der Waals surface area contributed by atoms with Crippen LogP contribution in [0.2, 0.25) is 0 Å². The highest BCUT2D eigenvalue weighted by atomic mass is 35.5. The van der Waals surface area contributed by atoms with Crippen molar-refractivity contribution in [1.29, 1.82) is 0 Å². The third-order valence-electron chi connectivity index (χ3n) is 6.99. The van der Waals surface area contributed by atoms with Crippen LogP contribution in [0.3, 0.4) is 0 Å². The minimum absolute atomic E-state index is 0. The van der Waals surface area contributed by atoms with E-state index in [-0.39, 0.29) is 54.9 Å². The van der Waals surface area contributed by atoms with Gasteiger partial charge in [-0.1, -0.05) is 18.2 Å². The van der Waals surface area contributed by atoms with Crippen LogP contribution >= 0.6 is 12.4 Å². The first-order valence-electron chi connectivity index (χ1n) is 11.7. The topological polar surface area (TPSA) is 117 Å². The van der Waals surface area contributed by atoms with E-state index in [0.29, 0.717) is 32.4 Å². The second-order valence-electron chi connectivity index (χ2n) is 9.29. The molecule has 3 heterocycles. The number of fused-ring (bicyclic) bond motifs is 2. The number of para-hydroxylation sites is 1. The van der Waals surface area contributed by atoms with E-state index in [9.17, 15) is 14.4 Å². The zero-order chi connectivity index (χ0) is 22.2. The monoisotopic (exact) mass is 477 g/mol. The molecule has 0 bridgehead atoms. The van der Waals surface area contributed by atoms with E-state index in [0.717, 1.165) is 30.6 Å². The lowest BCUT2D eigenvalue weighted by molar-refractivity contribution is -0.142. The Balaban J connectivity index is 0.00000259. The molecule has 1 aromatic rings. The number of carbonyl (C=O) groups is 3. The van der Waals surface area contributed by atoms with Gasteiger partial charge in [0.05, 0.1) is 12.6 Å². The second-order valence-corrected chi connectivity index (χ2v) is 9.29. The molecule has 4 amide bonds. The van der Waals surface area contributed by atoms with Crippen molar-refractivity contribution in [1.82, 2.24) is 20.4 Å². The summed E-state index contributed by atoms with van der Waals surface area (Å²) in [4.78, 5) is 42.4. The average Bonchev–Trinajstić information content (AvgIpc) is 3.50. The molecule has 33 heavy (non-hydrogen) atoms. The molecular weight excluding hydrogens is 446 g/mol. The van der Waals surface area contributed by atoms with Gasteiger partial charge < -0.3 is 30.9 Å². The Morgan fingerprint density at radius 3 is 2.61 bits per heavy atom. The molecular formula is C23H32ClN5O4. The SMILES string of the molecule is Cl.N[C@H]1CN(C(=O)NC2CC2)CC[C@H]2CC[C@@H](C(=O)N[C@@H]3CCOc4ccccc43)N2C1=O. The number of hydrogen-bond donors (Lipinski definition) is 3. The average molecular weight is 478 g/mol. The van der Waals surface area contributed by atoms with Crippen molar-refractivity contribution in [2.75, 3.05) is 19.7 Å². The lowest BCUT2D eigenvalue weighted by Crippen LogP contribution is -2.60. The van der Waals surface area contributed by atoms with Gasteiger partial charge in [0.15, 0.2) is 0 Å². The van der Waals surface area contributed by atoms with Gasteiger partial charge in [0, 0.05) is 37.2 Å². The Kier molecular flexibility index (Phi) is 6.99. The third-order valence-corrected chi connectivity index (χ3v) is 6.99. The van der Waals surface area contributed by atoms with Crippen molar-refractivity contribution in [2.45, 2.75) is 68.7 Å². The van der Waals surface area contributed by atoms with Gasteiger partial charge in [0.2, 0.25) is 11.8 Å². The summed E-state index contributed by atoms with van der Waals surface area (Å²) >= 11 is 0. The van der Waals surface area contributed by atoms with E-state index in [1.807, 2.05) is 24.3 Å². The fraction of sp³-hybridized carbons (Fsp3) is 0.609. The maximum atomic E-state index is 13.3. The molecule has 0 aromatic heterocycles. The lowest BCUT2D eigenvalue weighted by atomic mass is 10.00. The molecule has 4 N–H and O–H groups in total. The molecule has 3 aliphatic heterocycles. The second kappa shape index (κ2) is 9.77. The summed E-state index contributed by atoms with van der Waals surface area (Å²) in [6.07, 6.45) is 4.70. The smallest absolute Gasteiger partial charge is 0.317 e. The number of amides is 4. The first-order chi connectivity index (χ1) is 15.5. The number of carbonyl (C=O) groups excluding carboxylic acids is 3. The highest BCUT2D eigenvalue weighted by molar-refractivity contribution is 5.91. The van der Waals surface area contributed by atoms with E-state index in [2.05, 4.69) is 10.6 Å². The third kappa shape index (κ3) is 4.89. The van der Waals surface area contributed by atoms with E-state index < -0.39 is 12.1 Å². The predicted octanol–water partition coefficient (Wildman–Crippen LogP) is 1.31. The van der Waals surface area contributed by atoms with Crippen LogP contribution in [-0.4, -0.2) is 71.5 Å². The van der Waals surface area contributed by atoms with Crippen LogP contribution in [0, 0.1) is 0 Å². The Morgan fingerprint density at radius 2 is 1.82 bits per heavy atom. The van der Waals surface area contributed by atoms with Gasteiger partial charge in [-0.3, -0.25) is 9.59 Å². The molecule has 5 rings (SSSR count). The first kappa shape index (κ1) is 23.6. The Bertz CT molecular complexity index is 911. The zero-order valence-electron chi connectivity index (χ0n) is 18.6. The lowest BCUT2D eigenvalue weighted by Gasteiger charge is -2.38. The van der Waals surface area contributed by atoms with Gasteiger partial charge in [-0.2, -0.15) is 0 Å². The molecule has 3 fully saturated rings. The van der Waals surface area contributed by atoms with Gasteiger partial charge in [-0.25, -0.2) is 4.79 Å². The summed E-state index contributed by atoms with van der Waals surface area (Å²) in [5.41, 5.74) is 7.19. The number of hydrogen-bond acceptors (Lipinski definition) is 5. The highest BCUT2D eigenvalue weighted by Crippen LogP contribution is 2.33. The van der Waals surface area contributed by atoms with Crippen molar-refractivity contribution < 1.29 is 19.1 Å². The van der Waals surface area contributed by atoms with Gasteiger partial charge >= 0.3 is 6.03 Å². The highest BCUT2D eigenvalue weighted by Gasteiger charge is 2.45. The predicted molar refractivity (Wildman–Crippen MR) is 124 cm³/mol. The molecule has 10 heteroatoms. The van der Waals surface area contributed by atoms with Crippen LogP contribution in [0.5, 0.6) is 5.75 Å². The van der Waals surface area contributed by atoms with Crippen molar-refractivity contribution >= 4 is 30.3 Å². The van der Waals surface area contributed by atoms with Gasteiger partial charge in [0.25, 0.3) is 0 Å². The molecule has 2 saturated heterocycles. The number of ether oxygens (including phenoxy) is 1. The van der Waals surface area contributed by atoms with E-state index in [4.69, 9.17) is 10.5 Å². The Labute approximate surface area is 199 Å². The van der Waals surface area contributed by atoms with Crippen LogP contribution in [0.15, 0.2) is 24.3 Å². The summed E-state index contributed by atoms with van der Waals surface area (Å²) < 4.78 is 5.70. The fourth-order valence-electron chi connectivity index (χ4n) is 5.10. The number of halogens is 1. The maximum absolute atomic E-state index is 13.3. The maximum Gasteiger partial charge on any atom is 0.317 e. The Hall–Kier alpha value is -2.52. The summed E-state index contributed by atoms with van der Waals surface area (Å²) in [6, 6.07) is 6.26. The van der Waals surface area contributed by atoms with E-state index in [1.165, 1.54) is 0 Å². The molecule has 1 aromatic carbocycles. The van der Waals surface area contributed by atoms with Crippen LogP contribution in [0.25, 0.3) is 0 Å². The molecule has 4 aliphatic rings. The summed E-state index contributed by atoms with van der Waals surface area (Å²) in [6.45, 7) is 1.24. The number of rotatable bonds is 3. The summed E-state index contributed by atoms with van der Waals surface area (Å²) in [5.74, 6) is 0.407. The van der Waals surface area contributed by atoms with Crippen molar-refractivity contribution in [2.24, 2.45) is 5.73 Å². The van der Waals surface area contributed by atoms with Crippen molar-refractivity contribution in [3.8, 4) is 5.75 Å². The minimum atomic E-state index is -0.833. The standard InChI is InChI=1S/C23H31N5O4.ClH/c24-17-13-27(23(31)25-14-5-6-14)11-9-15-7-8-19(28(15)22(17)30)21(29)26-18-10-12-32-20-4-2-1-3-16(18)20;/h1-4,14-15,17-19H,5-13,24H2,(H,25,31)(H,26,29);1H/t15-,17+,18-,19+;/m1./s1. The molecule has 180 valence electrons. The fourth-order valence-corrected chi connectivity index (χ4v) is 5.10. The number of urea groups is 1. The molecule has 0 radical (unpaired) electrons. The van der Waals surface area contributed by atoms with Crippen molar-refractivity contribution in [3.63, 3.8) is 0 Å². The number of nitrogens with zero attached hydrogens (tertiary/aromatic N) is 2. The van der Waals surface area contributed by atoms with E-state index >= 15 is 0 Å². The molecule has 1 saturated carbocycles. The quantitative estimate of drug-likeness (QED) is 0.607. The minimum Gasteiger partial charge on any atom is -0.493 e. The van der Waals surface area contributed by atoms with Crippen LogP contribution < -0.4 is 21.1 Å². The van der Waals surface area contributed by atoms with Crippen molar-refractivity contribution in [3.05, 3.63) is 29.8 Å². The molecule has 0 unspecified atom stereocenters. The van der Waals surface area contributed by atoms with E-state index in [1.54, 1.807) is 9.80 Å². The van der Waals surface area contributed by atoms with Gasteiger partial charge in [0.1, 0.15) is 17.8 Å². The number of nitrogens with two attached hydrogens (primary N) is 1. The molecule has 4 atom stereocenters. The van der Waals surface area contributed by atoms with Crippen LogP contribution in [-0.2, 0) is 9.59 Å². The normalized spacial score (nSPS) is 28.9. The molecule has 0 spiro atoms. The largest absolute Gasteiger partial charge is 0.493 e. The number of nitrogens with one attached hydrogen (secondary N) is 2. The van der Waals surface area contributed by atoms with Crippen LogP contribution in [0.4, 0.5) is 4.79 Å².